The number of aromatic nitrogens is 1. The molecule has 3 aromatic rings. The Kier molecular flexibility index (Phi) is 4.83. The van der Waals surface area contributed by atoms with Gasteiger partial charge in [0.1, 0.15) is 5.57 Å². The fraction of sp³-hybridized carbons (Fsp3) is 0.125. The lowest BCUT2D eigenvalue weighted by atomic mass is 10.1. The normalized spacial score (nSPS) is 15.6. The average Bonchev–Trinajstić information content (AvgIpc) is 2.99. The highest BCUT2D eigenvalue weighted by Gasteiger charge is 2.36. The Morgan fingerprint density at radius 1 is 0.867 bits per heavy atom. The molecule has 4 amide bonds. The van der Waals surface area contributed by atoms with Crippen molar-refractivity contribution in [3.05, 3.63) is 88.8 Å². The van der Waals surface area contributed by atoms with Crippen LogP contribution in [-0.4, -0.2) is 22.4 Å². The summed E-state index contributed by atoms with van der Waals surface area (Å²) in [5.41, 5.74) is 5.11. The second kappa shape index (κ2) is 7.48. The molecule has 30 heavy (non-hydrogen) atoms. The maximum atomic E-state index is 13.0. The van der Waals surface area contributed by atoms with E-state index in [0.29, 0.717) is 5.69 Å². The van der Waals surface area contributed by atoms with E-state index in [1.54, 1.807) is 36.4 Å². The number of nitrogens with one attached hydrogen (secondary N) is 1. The number of para-hydroxylation sites is 2. The molecule has 1 aromatic heterocycles. The van der Waals surface area contributed by atoms with Crippen molar-refractivity contribution in [2.45, 2.75) is 20.8 Å². The number of urea groups is 1. The number of nitrogens with zero attached hydrogens (tertiary/aromatic N) is 2. The number of barbiturate groups is 1. The molecule has 0 saturated carbocycles. The lowest BCUT2D eigenvalue weighted by Gasteiger charge is -2.26. The molecule has 1 aliphatic rings. The molecule has 1 aliphatic heterocycles. The lowest BCUT2D eigenvalue weighted by molar-refractivity contribution is -0.122. The number of hydrogen-bond donors (Lipinski definition) is 1. The molecule has 0 unspecified atom stereocenters. The number of rotatable bonds is 3. The third-order valence-electron chi connectivity index (χ3n) is 5.24. The van der Waals surface area contributed by atoms with Gasteiger partial charge in [0.25, 0.3) is 11.8 Å². The molecule has 1 fully saturated rings. The second-order valence-corrected chi connectivity index (χ2v) is 7.24. The zero-order valence-electron chi connectivity index (χ0n) is 17.0. The van der Waals surface area contributed by atoms with E-state index in [-0.39, 0.29) is 5.57 Å². The van der Waals surface area contributed by atoms with Crippen molar-refractivity contribution in [2.24, 2.45) is 0 Å². The summed E-state index contributed by atoms with van der Waals surface area (Å²) >= 11 is 0. The Balaban J connectivity index is 1.79. The van der Waals surface area contributed by atoms with Gasteiger partial charge in [0.2, 0.25) is 0 Å². The predicted molar refractivity (Wildman–Crippen MR) is 115 cm³/mol. The minimum Gasteiger partial charge on any atom is -0.318 e. The van der Waals surface area contributed by atoms with Gasteiger partial charge in [-0.3, -0.25) is 14.9 Å². The van der Waals surface area contributed by atoms with E-state index in [2.05, 4.69) is 9.88 Å². The SMILES string of the molecule is Cc1ccccc1-n1c(C)cc(/C=C2\C(=O)NC(=O)N(c3ccccc3)C2=O)c1C. The lowest BCUT2D eigenvalue weighted by Crippen LogP contribution is -2.54. The fourth-order valence-corrected chi connectivity index (χ4v) is 3.74. The maximum Gasteiger partial charge on any atom is 0.335 e. The topological polar surface area (TPSA) is 71.4 Å². The van der Waals surface area contributed by atoms with Gasteiger partial charge in [0.15, 0.2) is 0 Å². The minimum atomic E-state index is -0.751. The van der Waals surface area contributed by atoms with Crippen LogP contribution in [-0.2, 0) is 9.59 Å². The third kappa shape index (κ3) is 3.22. The van der Waals surface area contributed by atoms with Crippen LogP contribution >= 0.6 is 0 Å². The van der Waals surface area contributed by atoms with Crippen LogP contribution in [0.5, 0.6) is 0 Å². The molecular weight excluding hydrogens is 378 g/mol. The summed E-state index contributed by atoms with van der Waals surface area (Å²) in [6, 6.07) is 17.7. The van der Waals surface area contributed by atoms with E-state index < -0.39 is 17.8 Å². The number of imide groups is 2. The van der Waals surface area contributed by atoms with E-state index in [1.165, 1.54) is 0 Å². The highest BCUT2D eigenvalue weighted by Crippen LogP contribution is 2.27. The highest BCUT2D eigenvalue weighted by molar-refractivity contribution is 6.39. The van der Waals surface area contributed by atoms with Gasteiger partial charge in [0.05, 0.1) is 5.69 Å². The summed E-state index contributed by atoms with van der Waals surface area (Å²) in [4.78, 5) is 38.8. The molecule has 1 N–H and O–H groups in total. The van der Waals surface area contributed by atoms with Gasteiger partial charge in [-0.05, 0) is 62.2 Å². The molecule has 0 bridgehead atoms. The molecule has 2 aromatic carbocycles. The smallest absolute Gasteiger partial charge is 0.318 e. The van der Waals surface area contributed by atoms with Gasteiger partial charge in [-0.2, -0.15) is 0 Å². The molecule has 4 rings (SSSR count). The first-order valence-electron chi connectivity index (χ1n) is 9.60. The van der Waals surface area contributed by atoms with Gasteiger partial charge in [0, 0.05) is 17.1 Å². The summed E-state index contributed by atoms with van der Waals surface area (Å²) in [6.07, 6.45) is 1.55. The number of hydrogen-bond acceptors (Lipinski definition) is 3. The molecule has 0 spiro atoms. The number of aryl methyl sites for hydroxylation is 2. The van der Waals surface area contributed by atoms with Crippen LogP contribution in [0, 0.1) is 20.8 Å². The Hall–Kier alpha value is -3.93. The summed E-state index contributed by atoms with van der Waals surface area (Å²) in [7, 11) is 0. The van der Waals surface area contributed by atoms with Gasteiger partial charge in [-0.15, -0.1) is 0 Å². The van der Waals surface area contributed by atoms with Crippen molar-refractivity contribution in [1.82, 2.24) is 9.88 Å². The van der Waals surface area contributed by atoms with E-state index in [0.717, 1.165) is 33.1 Å². The van der Waals surface area contributed by atoms with Crippen molar-refractivity contribution in [1.29, 1.82) is 0 Å². The van der Waals surface area contributed by atoms with Crippen LogP contribution < -0.4 is 10.2 Å². The van der Waals surface area contributed by atoms with Crippen molar-refractivity contribution in [3.63, 3.8) is 0 Å². The first-order valence-corrected chi connectivity index (χ1v) is 9.60. The third-order valence-corrected chi connectivity index (χ3v) is 5.24. The standard InChI is InChI=1S/C24H21N3O3/c1-15-9-7-8-12-21(15)26-16(2)13-18(17(26)3)14-20-22(28)25-24(30)27(23(20)29)19-10-5-4-6-11-19/h4-14H,1-3H3,(H,25,28,30)/b20-14+. The summed E-state index contributed by atoms with van der Waals surface area (Å²) in [5.74, 6) is -1.34. The Labute approximate surface area is 174 Å². The highest BCUT2D eigenvalue weighted by atomic mass is 16.2. The quantitative estimate of drug-likeness (QED) is 0.533. The van der Waals surface area contributed by atoms with Crippen molar-refractivity contribution < 1.29 is 14.4 Å². The molecule has 150 valence electrons. The van der Waals surface area contributed by atoms with E-state index in [4.69, 9.17) is 0 Å². The van der Waals surface area contributed by atoms with Gasteiger partial charge >= 0.3 is 6.03 Å². The number of anilines is 1. The molecule has 0 atom stereocenters. The Morgan fingerprint density at radius 2 is 1.53 bits per heavy atom. The summed E-state index contributed by atoms with van der Waals surface area (Å²) in [6.45, 7) is 5.95. The number of carbonyl (C=O) groups is 3. The van der Waals surface area contributed by atoms with Crippen LogP contribution in [0.3, 0.4) is 0 Å². The van der Waals surface area contributed by atoms with Crippen molar-refractivity contribution in [2.75, 3.05) is 4.90 Å². The first-order chi connectivity index (χ1) is 14.4. The second-order valence-electron chi connectivity index (χ2n) is 7.24. The molecule has 0 radical (unpaired) electrons. The van der Waals surface area contributed by atoms with Crippen LogP contribution in [0.2, 0.25) is 0 Å². The minimum absolute atomic E-state index is 0.0801. The van der Waals surface area contributed by atoms with E-state index in [9.17, 15) is 14.4 Å². The zero-order chi connectivity index (χ0) is 21.4. The molecule has 6 heteroatoms. The summed E-state index contributed by atoms with van der Waals surface area (Å²) < 4.78 is 2.09. The van der Waals surface area contributed by atoms with Crippen LogP contribution in [0.25, 0.3) is 11.8 Å². The van der Waals surface area contributed by atoms with Gasteiger partial charge in [-0.1, -0.05) is 36.4 Å². The molecule has 6 nitrogen and oxygen atoms in total. The summed E-state index contributed by atoms with van der Waals surface area (Å²) in [5, 5.41) is 2.26. The molecule has 2 heterocycles. The Morgan fingerprint density at radius 3 is 2.23 bits per heavy atom. The van der Waals surface area contributed by atoms with Gasteiger partial charge in [-0.25, -0.2) is 9.69 Å². The van der Waals surface area contributed by atoms with Gasteiger partial charge < -0.3 is 4.57 Å². The number of carbonyl (C=O) groups excluding carboxylic acids is 3. The van der Waals surface area contributed by atoms with E-state index in [1.807, 2.05) is 51.1 Å². The number of amides is 4. The molecule has 1 saturated heterocycles. The predicted octanol–water partition coefficient (Wildman–Crippen LogP) is 4.07. The van der Waals surface area contributed by atoms with Crippen LogP contribution in [0.15, 0.2) is 66.2 Å². The van der Waals surface area contributed by atoms with Crippen LogP contribution in [0.1, 0.15) is 22.5 Å². The van der Waals surface area contributed by atoms with Crippen molar-refractivity contribution in [3.8, 4) is 5.69 Å². The number of benzene rings is 2. The molecular formula is C24H21N3O3. The monoisotopic (exact) mass is 399 g/mol. The van der Waals surface area contributed by atoms with Crippen LogP contribution in [0.4, 0.5) is 10.5 Å². The molecule has 0 aliphatic carbocycles. The van der Waals surface area contributed by atoms with E-state index >= 15 is 0 Å². The first kappa shape index (κ1) is 19.4. The largest absolute Gasteiger partial charge is 0.335 e. The van der Waals surface area contributed by atoms with Crippen molar-refractivity contribution >= 4 is 29.6 Å². The fourth-order valence-electron chi connectivity index (χ4n) is 3.74. The Bertz CT molecular complexity index is 1210. The average molecular weight is 399 g/mol. The maximum absolute atomic E-state index is 13.0. The zero-order valence-corrected chi connectivity index (χ0v) is 17.0.